The van der Waals surface area contributed by atoms with Gasteiger partial charge < -0.3 is 64.5 Å². The number of aliphatic hydroxyl groups excluding tert-OH is 8. The van der Waals surface area contributed by atoms with Crippen LogP contribution in [0.25, 0.3) is 0 Å². The molecule has 4 unspecified atom stereocenters. The van der Waals surface area contributed by atoms with Crippen LogP contribution in [0.5, 0.6) is 0 Å². The minimum absolute atomic E-state index is 0.0289. The van der Waals surface area contributed by atoms with Crippen LogP contribution in [0.3, 0.4) is 0 Å². The molecule has 296 valence electrons. The molecule has 51 heavy (non-hydrogen) atoms. The van der Waals surface area contributed by atoms with Crippen LogP contribution in [0.4, 0.5) is 0 Å². The van der Waals surface area contributed by atoms with Crippen molar-refractivity contribution in [2.75, 3.05) is 26.4 Å². The molecular weight excluding hydrogens is 664 g/mol. The van der Waals surface area contributed by atoms with Crippen molar-refractivity contribution in [1.82, 2.24) is 0 Å². The lowest BCUT2D eigenvalue weighted by Crippen LogP contribution is -2.64. The van der Waals surface area contributed by atoms with E-state index in [-0.39, 0.29) is 36.3 Å². The van der Waals surface area contributed by atoms with E-state index in [2.05, 4.69) is 27.7 Å². The van der Waals surface area contributed by atoms with Crippen molar-refractivity contribution in [2.45, 2.75) is 166 Å². The molecule has 0 aromatic carbocycles. The first-order chi connectivity index (χ1) is 24.3. The van der Waals surface area contributed by atoms with Gasteiger partial charge in [-0.2, -0.15) is 0 Å². The highest BCUT2D eigenvalue weighted by Crippen LogP contribution is 2.69. The van der Waals surface area contributed by atoms with E-state index >= 15 is 0 Å². The molecule has 4 saturated carbocycles. The van der Waals surface area contributed by atoms with Crippen LogP contribution >= 0.6 is 0 Å². The average molecular weight is 731 g/mol. The Hall–Kier alpha value is -0.520. The Labute approximate surface area is 302 Å². The van der Waals surface area contributed by atoms with Gasteiger partial charge >= 0.3 is 0 Å². The summed E-state index contributed by atoms with van der Waals surface area (Å²) >= 11 is 0. The van der Waals surface area contributed by atoms with Gasteiger partial charge in [0.2, 0.25) is 0 Å². The highest BCUT2D eigenvalue weighted by atomic mass is 16.7. The summed E-state index contributed by atoms with van der Waals surface area (Å²) in [7, 11) is 0. The molecule has 0 spiro atoms. The van der Waals surface area contributed by atoms with E-state index in [0.29, 0.717) is 35.5 Å². The molecule has 6 rings (SSSR count). The maximum atomic E-state index is 11.0. The molecule has 0 aromatic heterocycles. The predicted octanol–water partition coefficient (Wildman–Crippen LogP) is 1.08. The van der Waals surface area contributed by atoms with Gasteiger partial charge in [-0.15, -0.1) is 0 Å². The summed E-state index contributed by atoms with van der Waals surface area (Å²) in [6.45, 7) is 8.68. The largest absolute Gasteiger partial charge is 0.394 e. The van der Waals surface area contributed by atoms with Gasteiger partial charge in [0.25, 0.3) is 0 Å². The SMILES string of the molecule is CCC[C@@H](C)[C@H]1CC[C@H]2[C@@H]3CC[C@@H]4C[C@H](O)CC[C@]4(C)[C@H]3C[C@H](OCCO[C@@H]3OC(CO)[C@@H](O[C@H]4OC(CO)[C@@H](O)[C@H](O)C4O)C(O)[C@@H]3O)[C@]12C. The molecule has 0 radical (unpaired) electrons. The van der Waals surface area contributed by atoms with E-state index in [1.807, 2.05) is 0 Å². The molecule has 6 fully saturated rings. The quantitative estimate of drug-likeness (QED) is 0.133. The number of ether oxygens (including phenoxy) is 5. The summed E-state index contributed by atoms with van der Waals surface area (Å²) < 4.78 is 29.8. The van der Waals surface area contributed by atoms with Gasteiger partial charge in [-0.25, -0.2) is 0 Å². The molecule has 6 aliphatic rings. The fourth-order valence-electron chi connectivity index (χ4n) is 12.1. The van der Waals surface area contributed by atoms with Gasteiger partial charge in [-0.1, -0.05) is 40.5 Å². The van der Waals surface area contributed by atoms with Crippen molar-refractivity contribution in [3.8, 4) is 0 Å². The van der Waals surface area contributed by atoms with E-state index in [1.165, 1.54) is 32.1 Å². The van der Waals surface area contributed by atoms with Crippen LogP contribution in [0.1, 0.15) is 91.9 Å². The molecule has 2 heterocycles. The van der Waals surface area contributed by atoms with E-state index < -0.39 is 74.6 Å². The predicted molar refractivity (Wildman–Crippen MR) is 183 cm³/mol. The highest BCUT2D eigenvalue weighted by Gasteiger charge is 2.64. The fraction of sp³-hybridized carbons (Fsp3) is 1.00. The lowest BCUT2D eigenvalue weighted by atomic mass is 9.43. The molecule has 8 N–H and O–H groups in total. The Morgan fingerprint density at radius 1 is 0.725 bits per heavy atom. The van der Waals surface area contributed by atoms with Gasteiger partial charge in [-0.05, 0) is 97.7 Å². The maximum absolute atomic E-state index is 11.0. The Kier molecular flexibility index (Phi) is 12.8. The summed E-state index contributed by atoms with van der Waals surface area (Å²) in [5.74, 6) is 3.50. The lowest BCUT2D eigenvalue weighted by Gasteiger charge is -2.63. The highest BCUT2D eigenvalue weighted by molar-refractivity contribution is 5.13. The van der Waals surface area contributed by atoms with Gasteiger partial charge in [0.15, 0.2) is 12.6 Å². The first-order valence-electron chi connectivity index (χ1n) is 19.8. The summed E-state index contributed by atoms with van der Waals surface area (Å²) in [4.78, 5) is 0. The third-order valence-corrected chi connectivity index (χ3v) is 14.9. The van der Waals surface area contributed by atoms with Crippen LogP contribution < -0.4 is 0 Å². The van der Waals surface area contributed by atoms with Crippen LogP contribution in [0, 0.1) is 46.3 Å². The van der Waals surface area contributed by atoms with Gasteiger partial charge in [0, 0.05) is 0 Å². The number of rotatable bonds is 12. The summed E-state index contributed by atoms with van der Waals surface area (Å²) in [6, 6.07) is 0. The van der Waals surface area contributed by atoms with Crippen LogP contribution in [-0.4, -0.2) is 141 Å². The number of aliphatic hydroxyl groups is 8. The molecule has 4 aliphatic carbocycles. The molecule has 2 aliphatic heterocycles. The van der Waals surface area contributed by atoms with Crippen molar-refractivity contribution in [1.29, 1.82) is 0 Å². The first-order valence-corrected chi connectivity index (χ1v) is 19.8. The smallest absolute Gasteiger partial charge is 0.187 e. The van der Waals surface area contributed by atoms with Crippen LogP contribution in [0.15, 0.2) is 0 Å². The molecule has 20 atom stereocenters. The van der Waals surface area contributed by atoms with E-state index in [4.69, 9.17) is 23.7 Å². The minimum atomic E-state index is -1.73. The summed E-state index contributed by atoms with van der Waals surface area (Å²) in [6.07, 6.45) is -4.06. The summed E-state index contributed by atoms with van der Waals surface area (Å²) in [5, 5.41) is 82.9. The number of hydrogen-bond donors (Lipinski definition) is 8. The summed E-state index contributed by atoms with van der Waals surface area (Å²) in [5.41, 5.74) is 0.222. The fourth-order valence-corrected chi connectivity index (χ4v) is 12.1. The Morgan fingerprint density at radius 2 is 1.41 bits per heavy atom. The molecule has 0 aromatic rings. The number of hydrogen-bond acceptors (Lipinski definition) is 13. The average Bonchev–Trinajstić information content (AvgIpc) is 3.48. The molecule has 2 saturated heterocycles. The molecule has 13 nitrogen and oxygen atoms in total. The first kappa shape index (κ1) is 40.2. The van der Waals surface area contributed by atoms with Gasteiger partial charge in [0.05, 0.1) is 38.6 Å². The monoisotopic (exact) mass is 730 g/mol. The Morgan fingerprint density at radius 3 is 2.12 bits per heavy atom. The topological polar surface area (TPSA) is 208 Å². The van der Waals surface area contributed by atoms with Crippen molar-refractivity contribution in [2.24, 2.45) is 46.3 Å². The third-order valence-electron chi connectivity index (χ3n) is 14.9. The molecule has 0 bridgehead atoms. The van der Waals surface area contributed by atoms with Crippen molar-refractivity contribution < 1.29 is 64.5 Å². The second-order valence-corrected chi connectivity index (χ2v) is 17.4. The molecular formula is C38H66O13. The Bertz CT molecular complexity index is 1130. The standard InChI is InChI=1S/C38H66O13/c1-5-6-19(2)23-9-10-24-22-8-7-20-15-21(41)11-12-37(20,3)25(22)16-28(38(23,24)4)47-13-14-48-35-33(46)31(44)34(27(18-40)50-35)51-36-32(45)30(43)29(42)26(17-39)49-36/h19-36,39-46H,5-18H2,1-4H3/t19-,20-,21-,22+,23-,24+,25+,26?,27?,28+,29-,30+,31?,32?,33+,34-,35-,36-,37+,38-/m1/s1. The van der Waals surface area contributed by atoms with E-state index in [1.54, 1.807) is 0 Å². The van der Waals surface area contributed by atoms with E-state index in [0.717, 1.165) is 32.1 Å². The lowest BCUT2D eigenvalue weighted by molar-refractivity contribution is -0.360. The van der Waals surface area contributed by atoms with Crippen LogP contribution in [0.2, 0.25) is 0 Å². The molecule has 13 heteroatoms. The second-order valence-electron chi connectivity index (χ2n) is 17.4. The number of fused-ring (bicyclic) bond motifs is 5. The van der Waals surface area contributed by atoms with Crippen molar-refractivity contribution >= 4 is 0 Å². The van der Waals surface area contributed by atoms with Crippen molar-refractivity contribution in [3.05, 3.63) is 0 Å². The maximum Gasteiger partial charge on any atom is 0.187 e. The van der Waals surface area contributed by atoms with E-state index in [9.17, 15) is 40.9 Å². The molecule has 0 amide bonds. The normalized spacial score (nSPS) is 52.1. The zero-order valence-corrected chi connectivity index (χ0v) is 30.9. The van der Waals surface area contributed by atoms with Crippen molar-refractivity contribution in [3.63, 3.8) is 0 Å². The van der Waals surface area contributed by atoms with Gasteiger partial charge in [0.1, 0.15) is 48.8 Å². The zero-order chi connectivity index (χ0) is 36.8. The Balaban J connectivity index is 1.11. The second kappa shape index (κ2) is 16.3. The van der Waals surface area contributed by atoms with Crippen LogP contribution in [-0.2, 0) is 23.7 Å². The third kappa shape index (κ3) is 7.32. The van der Waals surface area contributed by atoms with Gasteiger partial charge in [-0.3, -0.25) is 0 Å². The minimum Gasteiger partial charge on any atom is -0.394 e. The zero-order valence-electron chi connectivity index (χ0n) is 30.9.